The smallest absolute Gasteiger partial charge is 0.410 e. The summed E-state index contributed by atoms with van der Waals surface area (Å²) in [5.41, 5.74) is -1.08. The normalized spacial score (nSPS) is 30.8. The van der Waals surface area contributed by atoms with Gasteiger partial charge in [0.2, 0.25) is 0 Å². The Labute approximate surface area is 257 Å². The Kier molecular flexibility index (Phi) is 7.57. The van der Waals surface area contributed by atoms with Crippen LogP contribution in [0.5, 0.6) is 6.01 Å². The van der Waals surface area contributed by atoms with Crippen LogP contribution < -0.4 is 9.64 Å². The highest BCUT2D eigenvalue weighted by molar-refractivity contribution is 9.10. The molecule has 9 nitrogen and oxygen atoms in total. The van der Waals surface area contributed by atoms with Gasteiger partial charge in [-0.1, -0.05) is 24.6 Å². The molecule has 0 aromatic carbocycles. The highest BCUT2D eigenvalue weighted by Gasteiger charge is 2.62. The van der Waals surface area contributed by atoms with Crippen molar-refractivity contribution in [3.63, 3.8) is 0 Å². The maximum atomic E-state index is 15.5. The summed E-state index contributed by atoms with van der Waals surface area (Å²) in [6, 6.07) is -0.569. The number of carbonyl (C=O) groups excluding carboxylic acids is 1. The van der Waals surface area contributed by atoms with E-state index >= 15 is 4.39 Å². The topological polar surface area (TPSA) is 83.9 Å². The van der Waals surface area contributed by atoms with Crippen molar-refractivity contribution in [1.82, 2.24) is 24.8 Å². The first-order valence-corrected chi connectivity index (χ1v) is 15.7. The number of pyridine rings is 1. The first kappa shape index (κ1) is 29.7. The Hall–Kier alpha value is -2.31. The maximum Gasteiger partial charge on any atom is 0.410 e. The van der Waals surface area contributed by atoms with Crippen LogP contribution >= 0.6 is 27.5 Å². The molecule has 42 heavy (non-hydrogen) atoms. The van der Waals surface area contributed by atoms with E-state index in [9.17, 15) is 9.18 Å². The van der Waals surface area contributed by atoms with Crippen molar-refractivity contribution in [1.29, 1.82) is 0 Å². The lowest BCUT2D eigenvalue weighted by Crippen LogP contribution is -2.56. The average Bonchev–Trinajstić information content (AvgIpc) is 3.39. The van der Waals surface area contributed by atoms with E-state index in [4.69, 9.17) is 26.1 Å². The number of nitrogens with zero attached hydrogens (tertiary/aromatic N) is 6. The van der Waals surface area contributed by atoms with E-state index in [0.29, 0.717) is 41.7 Å². The number of fused-ring (bicyclic) bond motifs is 3. The lowest BCUT2D eigenvalue weighted by molar-refractivity contribution is 0.0103. The van der Waals surface area contributed by atoms with Crippen LogP contribution in [0.4, 0.5) is 19.4 Å². The van der Waals surface area contributed by atoms with E-state index in [1.54, 1.807) is 0 Å². The quantitative estimate of drug-likeness (QED) is 0.277. The molecule has 3 saturated heterocycles. The number of carbonyl (C=O) groups is 1. The van der Waals surface area contributed by atoms with E-state index in [0.717, 1.165) is 19.4 Å². The van der Waals surface area contributed by atoms with Gasteiger partial charge in [-0.3, -0.25) is 9.80 Å². The van der Waals surface area contributed by atoms with E-state index in [2.05, 4.69) is 42.3 Å². The predicted octanol–water partition coefficient (Wildman–Crippen LogP) is 5.92. The summed E-state index contributed by atoms with van der Waals surface area (Å²) < 4.78 is 42.1. The summed E-state index contributed by atoms with van der Waals surface area (Å²) in [4.78, 5) is 32.8. The minimum atomic E-state index is -0.907. The first-order chi connectivity index (χ1) is 19.9. The Balaban J connectivity index is 1.39. The van der Waals surface area contributed by atoms with Crippen LogP contribution in [0, 0.1) is 11.7 Å². The van der Waals surface area contributed by atoms with Gasteiger partial charge in [0.25, 0.3) is 0 Å². The number of aromatic nitrogens is 3. The van der Waals surface area contributed by atoms with Gasteiger partial charge >= 0.3 is 12.1 Å². The summed E-state index contributed by atoms with van der Waals surface area (Å²) >= 11 is 9.60. The minimum absolute atomic E-state index is 0.0101. The number of anilines is 1. The highest BCUT2D eigenvalue weighted by atomic mass is 79.9. The van der Waals surface area contributed by atoms with E-state index < -0.39 is 23.1 Å². The standard InChI is InChI=1S/C29H36BrClF2N6O3/c1-6-16-13-38(21-17(7-2)22(21)39(16)27(40)42-28(3,4)5)25-18-20(19(33)24(31)35-23(18)30)34-26(36-25)41-14-29-9-8-10-37(29)12-15(32)11-29/h7,15-17,21-22H,2,6,8-14H2,1,3-5H3/t15-,16-,17?,21-,22+,29+/m1/s1. The van der Waals surface area contributed by atoms with Crippen LogP contribution in [-0.2, 0) is 4.74 Å². The Morgan fingerprint density at radius 1 is 1.26 bits per heavy atom. The second-order valence-corrected chi connectivity index (χ2v) is 13.9. The molecule has 0 bridgehead atoms. The molecule has 4 fully saturated rings. The number of piperazine rings is 1. The van der Waals surface area contributed by atoms with Crippen LogP contribution in [0.1, 0.15) is 53.4 Å². The number of hydrogen-bond acceptors (Lipinski definition) is 8. The Bertz CT molecular complexity index is 1430. The van der Waals surface area contributed by atoms with Gasteiger partial charge in [0.05, 0.1) is 29.1 Å². The molecule has 1 aliphatic carbocycles. The molecule has 1 unspecified atom stereocenters. The summed E-state index contributed by atoms with van der Waals surface area (Å²) in [6.07, 6.45) is 3.40. The predicted molar refractivity (Wildman–Crippen MR) is 159 cm³/mol. The van der Waals surface area contributed by atoms with Crippen molar-refractivity contribution in [3.8, 4) is 6.01 Å². The van der Waals surface area contributed by atoms with Gasteiger partial charge in [0, 0.05) is 25.4 Å². The fourth-order valence-corrected chi connectivity index (χ4v) is 7.95. The van der Waals surface area contributed by atoms with Crippen molar-refractivity contribution in [2.45, 2.75) is 88.8 Å². The van der Waals surface area contributed by atoms with Gasteiger partial charge in [-0.2, -0.15) is 9.97 Å². The fraction of sp³-hybridized carbons (Fsp3) is 0.655. The molecular weight excluding hydrogens is 634 g/mol. The lowest BCUT2D eigenvalue weighted by atomic mass is 9.95. The average molecular weight is 670 g/mol. The lowest BCUT2D eigenvalue weighted by Gasteiger charge is -2.41. The summed E-state index contributed by atoms with van der Waals surface area (Å²) in [5, 5.41) is 0.0414. The summed E-state index contributed by atoms with van der Waals surface area (Å²) in [5.74, 6) is -0.402. The van der Waals surface area contributed by atoms with Crippen LogP contribution in [0.25, 0.3) is 10.9 Å². The number of halogens is 4. The first-order valence-electron chi connectivity index (χ1n) is 14.5. The fourth-order valence-electron chi connectivity index (χ4n) is 7.13. The highest BCUT2D eigenvalue weighted by Crippen LogP contribution is 2.50. The molecule has 3 aliphatic heterocycles. The van der Waals surface area contributed by atoms with Crippen LogP contribution in [0.3, 0.4) is 0 Å². The third-order valence-corrected chi connectivity index (χ3v) is 9.82. The zero-order valence-electron chi connectivity index (χ0n) is 24.2. The number of hydrogen-bond donors (Lipinski definition) is 0. The molecule has 2 aromatic heterocycles. The zero-order valence-corrected chi connectivity index (χ0v) is 26.6. The SMILES string of the molecule is C=CC1[C@@H]2[C@H]1N(C(=O)OC(C)(C)C)[C@H](CC)CN2c1nc(OC[C@@]23CCCN2C[C@H](F)C3)nc2c(F)c(Cl)nc(Br)c12. The summed E-state index contributed by atoms with van der Waals surface area (Å²) in [7, 11) is 0. The second kappa shape index (κ2) is 10.7. The second-order valence-electron chi connectivity index (χ2n) is 12.8. The Morgan fingerprint density at radius 2 is 2.02 bits per heavy atom. The third-order valence-electron chi connectivity index (χ3n) is 8.99. The van der Waals surface area contributed by atoms with E-state index in [-0.39, 0.29) is 53.4 Å². The molecule has 13 heteroatoms. The molecule has 0 spiro atoms. The van der Waals surface area contributed by atoms with Crippen molar-refractivity contribution in [2.24, 2.45) is 5.92 Å². The van der Waals surface area contributed by atoms with Crippen molar-refractivity contribution in [2.75, 3.05) is 31.1 Å². The molecule has 6 atom stereocenters. The molecule has 4 aliphatic rings. The largest absolute Gasteiger partial charge is 0.461 e. The van der Waals surface area contributed by atoms with Gasteiger partial charge in [-0.05, 0) is 62.5 Å². The number of alkyl halides is 1. The molecule has 6 rings (SSSR count). The summed E-state index contributed by atoms with van der Waals surface area (Å²) in [6.45, 7) is 13.4. The number of rotatable bonds is 6. The van der Waals surface area contributed by atoms with Crippen molar-refractivity contribution >= 4 is 50.3 Å². The van der Waals surface area contributed by atoms with Gasteiger partial charge in [-0.25, -0.2) is 18.6 Å². The molecule has 2 aromatic rings. The van der Waals surface area contributed by atoms with E-state index in [1.807, 2.05) is 38.7 Å². The van der Waals surface area contributed by atoms with E-state index in [1.165, 1.54) is 0 Å². The molecular formula is C29H36BrClF2N6O3. The Morgan fingerprint density at radius 3 is 2.71 bits per heavy atom. The molecule has 0 radical (unpaired) electrons. The van der Waals surface area contributed by atoms with Crippen LogP contribution in [0.15, 0.2) is 17.3 Å². The molecule has 1 amide bonds. The van der Waals surface area contributed by atoms with Crippen molar-refractivity contribution < 1.29 is 23.0 Å². The van der Waals surface area contributed by atoms with Gasteiger partial charge < -0.3 is 14.4 Å². The molecule has 228 valence electrons. The number of ether oxygens (including phenoxy) is 2. The van der Waals surface area contributed by atoms with Crippen molar-refractivity contribution in [3.05, 3.63) is 28.2 Å². The molecule has 0 N–H and O–H groups in total. The maximum absolute atomic E-state index is 15.5. The number of amides is 1. The van der Waals surface area contributed by atoms with Gasteiger partial charge in [0.1, 0.15) is 34.3 Å². The molecule has 5 heterocycles. The monoisotopic (exact) mass is 668 g/mol. The minimum Gasteiger partial charge on any atom is -0.461 e. The molecule has 1 saturated carbocycles. The van der Waals surface area contributed by atoms with Gasteiger partial charge in [-0.15, -0.1) is 6.58 Å². The third kappa shape index (κ3) is 5.00. The van der Waals surface area contributed by atoms with Crippen LogP contribution in [0.2, 0.25) is 5.15 Å². The van der Waals surface area contributed by atoms with Gasteiger partial charge in [0.15, 0.2) is 11.0 Å². The van der Waals surface area contributed by atoms with Crippen LogP contribution in [-0.4, -0.2) is 92.5 Å². The zero-order chi connectivity index (χ0) is 30.1.